The normalized spacial score (nSPS) is 14.6. The number of benzene rings is 1. The van der Waals surface area contributed by atoms with Crippen molar-refractivity contribution in [1.82, 2.24) is 5.32 Å². The van der Waals surface area contributed by atoms with Gasteiger partial charge in [-0.25, -0.2) is 0 Å². The molecule has 1 rings (SSSR count). The molecule has 0 saturated heterocycles. The van der Waals surface area contributed by atoms with E-state index in [1.165, 1.54) is 0 Å². The van der Waals surface area contributed by atoms with Crippen molar-refractivity contribution < 1.29 is 8.95 Å². The predicted molar refractivity (Wildman–Crippen MR) is 67.1 cm³/mol. The SMILES string of the molecule is COCC(C)NCCS(=O)c1ccccc1. The lowest BCUT2D eigenvalue weighted by atomic mass is 10.4. The average Bonchev–Trinajstić information content (AvgIpc) is 2.30. The molecule has 0 spiro atoms. The molecule has 0 aromatic heterocycles. The lowest BCUT2D eigenvalue weighted by Gasteiger charge is -2.12. The minimum absolute atomic E-state index is 0.303. The van der Waals surface area contributed by atoms with Gasteiger partial charge < -0.3 is 10.1 Å². The summed E-state index contributed by atoms with van der Waals surface area (Å²) < 4.78 is 16.8. The lowest BCUT2D eigenvalue weighted by Crippen LogP contribution is -2.33. The minimum Gasteiger partial charge on any atom is -0.383 e. The predicted octanol–water partition coefficient (Wildman–Crippen LogP) is 1.42. The molecule has 2 unspecified atom stereocenters. The van der Waals surface area contributed by atoms with Crippen LogP contribution in [0.3, 0.4) is 0 Å². The van der Waals surface area contributed by atoms with E-state index in [0.717, 1.165) is 11.4 Å². The molecule has 16 heavy (non-hydrogen) atoms. The van der Waals surface area contributed by atoms with Crippen LogP contribution < -0.4 is 5.32 Å². The van der Waals surface area contributed by atoms with Gasteiger partial charge >= 0.3 is 0 Å². The Balaban J connectivity index is 2.26. The van der Waals surface area contributed by atoms with Gasteiger partial charge in [0.15, 0.2) is 0 Å². The average molecular weight is 241 g/mol. The summed E-state index contributed by atoms with van der Waals surface area (Å²) in [6.07, 6.45) is 0. The first-order chi connectivity index (χ1) is 7.74. The molecule has 2 atom stereocenters. The van der Waals surface area contributed by atoms with Gasteiger partial charge in [0.05, 0.1) is 17.4 Å². The largest absolute Gasteiger partial charge is 0.383 e. The summed E-state index contributed by atoms with van der Waals surface area (Å²) in [7, 11) is 0.774. The summed E-state index contributed by atoms with van der Waals surface area (Å²) >= 11 is 0. The van der Waals surface area contributed by atoms with Gasteiger partial charge in [-0.3, -0.25) is 4.21 Å². The van der Waals surface area contributed by atoms with E-state index in [-0.39, 0.29) is 0 Å². The highest BCUT2D eigenvalue weighted by Gasteiger charge is 2.04. The molecule has 0 bridgehead atoms. The van der Waals surface area contributed by atoms with Crippen LogP contribution in [-0.2, 0) is 15.5 Å². The molecular formula is C12H19NO2S. The van der Waals surface area contributed by atoms with Crippen LogP contribution in [0, 0.1) is 0 Å². The van der Waals surface area contributed by atoms with E-state index < -0.39 is 10.8 Å². The van der Waals surface area contributed by atoms with Crippen LogP contribution >= 0.6 is 0 Å². The van der Waals surface area contributed by atoms with Crippen LogP contribution in [-0.4, -0.2) is 36.3 Å². The van der Waals surface area contributed by atoms with E-state index in [9.17, 15) is 4.21 Å². The summed E-state index contributed by atoms with van der Waals surface area (Å²) in [6.45, 7) is 3.47. The van der Waals surface area contributed by atoms with Crippen molar-refractivity contribution in [3.05, 3.63) is 30.3 Å². The summed E-state index contributed by atoms with van der Waals surface area (Å²) in [5, 5.41) is 3.27. The number of methoxy groups -OCH3 is 1. The topological polar surface area (TPSA) is 38.3 Å². The van der Waals surface area contributed by atoms with Gasteiger partial charge in [0, 0.05) is 30.3 Å². The Morgan fingerprint density at radius 3 is 2.69 bits per heavy atom. The maximum Gasteiger partial charge on any atom is 0.0613 e. The summed E-state index contributed by atoms with van der Waals surface area (Å²) in [5.41, 5.74) is 0. The van der Waals surface area contributed by atoms with Gasteiger partial charge in [-0.05, 0) is 19.1 Å². The van der Waals surface area contributed by atoms with Gasteiger partial charge in [-0.1, -0.05) is 18.2 Å². The van der Waals surface area contributed by atoms with Crippen LogP contribution in [0.5, 0.6) is 0 Å². The maximum absolute atomic E-state index is 11.8. The zero-order chi connectivity index (χ0) is 11.8. The molecule has 0 aliphatic heterocycles. The van der Waals surface area contributed by atoms with E-state index in [1.54, 1.807) is 7.11 Å². The van der Waals surface area contributed by atoms with Crippen molar-refractivity contribution in [3.63, 3.8) is 0 Å². The Bertz CT molecular complexity index is 316. The molecule has 3 nitrogen and oxygen atoms in total. The highest BCUT2D eigenvalue weighted by Crippen LogP contribution is 2.04. The maximum atomic E-state index is 11.8. The molecule has 0 aliphatic rings. The zero-order valence-electron chi connectivity index (χ0n) is 9.81. The molecule has 90 valence electrons. The molecule has 1 aromatic rings. The van der Waals surface area contributed by atoms with Crippen molar-refractivity contribution in [3.8, 4) is 0 Å². The minimum atomic E-state index is -0.907. The molecule has 0 fully saturated rings. The molecule has 1 N–H and O–H groups in total. The third-order valence-corrected chi connectivity index (χ3v) is 3.58. The standard InChI is InChI=1S/C12H19NO2S/c1-11(10-15-2)13-8-9-16(14)12-6-4-3-5-7-12/h3-7,11,13H,8-10H2,1-2H3. The molecule has 4 heteroatoms. The number of ether oxygens (including phenoxy) is 1. The molecule has 0 heterocycles. The van der Waals surface area contributed by atoms with E-state index in [1.807, 2.05) is 30.3 Å². The third-order valence-electron chi connectivity index (χ3n) is 2.20. The fraction of sp³-hybridized carbons (Fsp3) is 0.500. The second kappa shape index (κ2) is 7.54. The Kier molecular flexibility index (Phi) is 6.30. The van der Waals surface area contributed by atoms with Crippen LogP contribution in [0.1, 0.15) is 6.92 Å². The highest BCUT2D eigenvalue weighted by atomic mass is 32.2. The molecule has 0 saturated carbocycles. The number of rotatable bonds is 7. The summed E-state index contributed by atoms with van der Waals surface area (Å²) in [5.74, 6) is 0.637. The molecule has 1 aromatic carbocycles. The number of hydrogen-bond acceptors (Lipinski definition) is 3. The smallest absolute Gasteiger partial charge is 0.0613 e. The van der Waals surface area contributed by atoms with E-state index in [2.05, 4.69) is 12.2 Å². The second-order valence-electron chi connectivity index (χ2n) is 3.67. The van der Waals surface area contributed by atoms with Crippen molar-refractivity contribution in [2.24, 2.45) is 0 Å². The molecular weight excluding hydrogens is 222 g/mol. The second-order valence-corrected chi connectivity index (χ2v) is 5.24. The monoisotopic (exact) mass is 241 g/mol. The van der Waals surface area contributed by atoms with Crippen molar-refractivity contribution >= 4 is 10.8 Å². The molecule has 0 amide bonds. The first kappa shape index (κ1) is 13.4. The van der Waals surface area contributed by atoms with E-state index in [0.29, 0.717) is 18.4 Å². The van der Waals surface area contributed by atoms with Gasteiger partial charge in [0.25, 0.3) is 0 Å². The van der Waals surface area contributed by atoms with Gasteiger partial charge in [0.1, 0.15) is 0 Å². The van der Waals surface area contributed by atoms with Crippen LogP contribution in [0.4, 0.5) is 0 Å². The Morgan fingerprint density at radius 2 is 2.06 bits per heavy atom. The van der Waals surface area contributed by atoms with Crippen molar-refractivity contribution in [2.75, 3.05) is 26.0 Å². The Morgan fingerprint density at radius 1 is 1.38 bits per heavy atom. The van der Waals surface area contributed by atoms with Crippen LogP contribution in [0.2, 0.25) is 0 Å². The highest BCUT2D eigenvalue weighted by molar-refractivity contribution is 7.85. The Labute approximate surface area is 99.7 Å². The van der Waals surface area contributed by atoms with Crippen LogP contribution in [0.25, 0.3) is 0 Å². The van der Waals surface area contributed by atoms with E-state index in [4.69, 9.17) is 4.74 Å². The fourth-order valence-electron chi connectivity index (χ4n) is 1.40. The Hall–Kier alpha value is -0.710. The lowest BCUT2D eigenvalue weighted by molar-refractivity contribution is 0.173. The van der Waals surface area contributed by atoms with Gasteiger partial charge in [0.2, 0.25) is 0 Å². The van der Waals surface area contributed by atoms with E-state index >= 15 is 0 Å². The number of nitrogens with one attached hydrogen (secondary N) is 1. The summed E-state index contributed by atoms with van der Waals surface area (Å²) in [6, 6.07) is 9.85. The quantitative estimate of drug-likeness (QED) is 0.784. The fourth-order valence-corrected chi connectivity index (χ4v) is 2.40. The van der Waals surface area contributed by atoms with Crippen LogP contribution in [0.15, 0.2) is 35.2 Å². The first-order valence-corrected chi connectivity index (χ1v) is 6.71. The van der Waals surface area contributed by atoms with Gasteiger partial charge in [-0.2, -0.15) is 0 Å². The zero-order valence-corrected chi connectivity index (χ0v) is 10.6. The molecule has 0 radical (unpaired) electrons. The number of hydrogen-bond donors (Lipinski definition) is 1. The van der Waals surface area contributed by atoms with Crippen molar-refractivity contribution in [1.29, 1.82) is 0 Å². The summed E-state index contributed by atoms with van der Waals surface area (Å²) in [4.78, 5) is 0.892. The third kappa shape index (κ3) is 4.88. The molecule has 0 aliphatic carbocycles. The van der Waals surface area contributed by atoms with Crippen molar-refractivity contribution in [2.45, 2.75) is 17.9 Å². The first-order valence-electron chi connectivity index (χ1n) is 5.39. The van der Waals surface area contributed by atoms with Gasteiger partial charge in [-0.15, -0.1) is 0 Å².